The Bertz CT molecular complexity index is 856. The molecule has 3 rings (SSSR count). The fourth-order valence-corrected chi connectivity index (χ4v) is 3.42. The lowest BCUT2D eigenvalue weighted by atomic mass is 10.00. The molecule has 0 saturated carbocycles. The Morgan fingerprint density at radius 2 is 1.57 bits per heavy atom. The molecule has 148 valence electrons. The van der Waals surface area contributed by atoms with Crippen molar-refractivity contribution in [1.29, 1.82) is 0 Å². The highest BCUT2D eigenvalue weighted by Gasteiger charge is 2.37. The number of fused-ring (bicyclic) bond motifs is 1. The van der Waals surface area contributed by atoms with Crippen molar-refractivity contribution in [3.05, 3.63) is 53.6 Å². The molecule has 7 heteroatoms. The summed E-state index contributed by atoms with van der Waals surface area (Å²) in [6.07, 6.45) is 1.38. The lowest BCUT2D eigenvalue weighted by molar-refractivity contribution is -0.137. The zero-order valence-corrected chi connectivity index (χ0v) is 16.2. The van der Waals surface area contributed by atoms with E-state index in [2.05, 4.69) is 22.8 Å². The van der Waals surface area contributed by atoms with Crippen LogP contribution < -0.4 is 20.1 Å². The maximum atomic E-state index is 12.3. The van der Waals surface area contributed by atoms with Gasteiger partial charge in [-0.25, -0.2) is 0 Å². The van der Waals surface area contributed by atoms with Gasteiger partial charge < -0.3 is 24.8 Å². The lowest BCUT2D eigenvalue weighted by Gasteiger charge is -2.27. The summed E-state index contributed by atoms with van der Waals surface area (Å²) in [6, 6.07) is 13.0. The molecule has 2 aromatic rings. The Morgan fingerprint density at radius 3 is 2.14 bits per heavy atom. The van der Waals surface area contributed by atoms with Crippen molar-refractivity contribution in [3.8, 4) is 11.5 Å². The average molecular weight is 384 g/mol. The van der Waals surface area contributed by atoms with Gasteiger partial charge in [0.25, 0.3) is 0 Å². The average Bonchev–Trinajstić information content (AvgIpc) is 3.11. The third-order valence-corrected chi connectivity index (χ3v) is 5.00. The number of anilines is 1. The van der Waals surface area contributed by atoms with E-state index in [1.54, 1.807) is 25.3 Å². The van der Waals surface area contributed by atoms with Crippen LogP contribution in [0.3, 0.4) is 0 Å². The maximum absolute atomic E-state index is 12.3. The highest BCUT2D eigenvalue weighted by molar-refractivity contribution is 6.39. The third-order valence-electron chi connectivity index (χ3n) is 5.00. The first-order chi connectivity index (χ1) is 13.5. The zero-order chi connectivity index (χ0) is 20.1. The van der Waals surface area contributed by atoms with Gasteiger partial charge >= 0.3 is 11.8 Å². The van der Waals surface area contributed by atoms with Gasteiger partial charge in [-0.15, -0.1) is 0 Å². The number of carbonyl (C=O) groups excluding carboxylic acids is 2. The van der Waals surface area contributed by atoms with Crippen LogP contribution in [-0.2, 0) is 27.2 Å². The summed E-state index contributed by atoms with van der Waals surface area (Å²) in [6.45, 7) is 0.246. The molecule has 1 aliphatic carbocycles. The summed E-state index contributed by atoms with van der Waals surface area (Å²) >= 11 is 0. The zero-order valence-electron chi connectivity index (χ0n) is 16.2. The van der Waals surface area contributed by atoms with Gasteiger partial charge in [-0.3, -0.25) is 9.59 Å². The fourth-order valence-electron chi connectivity index (χ4n) is 3.42. The Balaban J connectivity index is 1.60. The first kappa shape index (κ1) is 19.7. The second kappa shape index (κ2) is 8.31. The number of hydrogen-bond acceptors (Lipinski definition) is 5. The second-order valence-corrected chi connectivity index (χ2v) is 6.72. The van der Waals surface area contributed by atoms with E-state index in [4.69, 9.17) is 14.2 Å². The Labute approximate surface area is 164 Å². The van der Waals surface area contributed by atoms with Gasteiger partial charge in [-0.2, -0.15) is 0 Å². The molecule has 0 saturated heterocycles. The highest BCUT2D eigenvalue weighted by atomic mass is 16.5. The van der Waals surface area contributed by atoms with Crippen molar-refractivity contribution in [2.45, 2.75) is 18.4 Å². The third kappa shape index (κ3) is 4.09. The van der Waals surface area contributed by atoms with Crippen molar-refractivity contribution in [2.24, 2.45) is 0 Å². The fraction of sp³-hybridized carbons (Fsp3) is 0.333. The highest BCUT2D eigenvalue weighted by Crippen LogP contribution is 2.32. The standard InChI is InChI=1S/C21H24N2O5/c1-26-17-9-8-16(10-18(17)27-2)23-20(25)19(24)22-13-21(28-3)11-14-6-4-5-7-15(14)12-21/h4-10H,11-13H2,1-3H3,(H,22,24)(H,23,25). The minimum atomic E-state index is -0.756. The Morgan fingerprint density at radius 1 is 0.929 bits per heavy atom. The molecule has 0 fully saturated rings. The van der Waals surface area contributed by atoms with E-state index < -0.39 is 17.4 Å². The second-order valence-electron chi connectivity index (χ2n) is 6.72. The number of amides is 2. The monoisotopic (exact) mass is 384 g/mol. The van der Waals surface area contributed by atoms with Crippen LogP contribution in [-0.4, -0.2) is 45.3 Å². The van der Waals surface area contributed by atoms with Crippen LogP contribution >= 0.6 is 0 Å². The normalized spacial score (nSPS) is 14.1. The lowest BCUT2D eigenvalue weighted by Crippen LogP contribution is -2.48. The largest absolute Gasteiger partial charge is 0.493 e. The molecule has 0 aromatic heterocycles. The van der Waals surface area contributed by atoms with Crippen LogP contribution in [0.25, 0.3) is 0 Å². The summed E-state index contributed by atoms with van der Waals surface area (Å²) in [5.41, 5.74) is 2.30. The van der Waals surface area contributed by atoms with Gasteiger partial charge in [0.2, 0.25) is 0 Å². The number of benzene rings is 2. The van der Waals surface area contributed by atoms with Crippen molar-refractivity contribution in [1.82, 2.24) is 5.32 Å². The van der Waals surface area contributed by atoms with Crippen LogP contribution in [0, 0.1) is 0 Å². The van der Waals surface area contributed by atoms with E-state index in [-0.39, 0.29) is 6.54 Å². The molecule has 0 bridgehead atoms. The number of hydrogen-bond donors (Lipinski definition) is 2. The number of methoxy groups -OCH3 is 3. The van der Waals surface area contributed by atoms with E-state index in [1.807, 2.05) is 12.1 Å². The van der Waals surface area contributed by atoms with Crippen LogP contribution in [0.5, 0.6) is 11.5 Å². The van der Waals surface area contributed by atoms with Crippen LogP contribution in [0.4, 0.5) is 5.69 Å². The summed E-state index contributed by atoms with van der Waals surface area (Å²) in [5, 5.41) is 5.25. The molecule has 1 aliphatic rings. The van der Waals surface area contributed by atoms with E-state index >= 15 is 0 Å². The molecule has 7 nitrogen and oxygen atoms in total. The van der Waals surface area contributed by atoms with Gasteiger partial charge in [0.15, 0.2) is 11.5 Å². The van der Waals surface area contributed by atoms with Gasteiger partial charge in [-0.05, 0) is 23.3 Å². The molecule has 0 unspecified atom stereocenters. The Kier molecular flexibility index (Phi) is 5.84. The van der Waals surface area contributed by atoms with E-state index in [1.165, 1.54) is 25.3 Å². The SMILES string of the molecule is COc1ccc(NC(=O)C(=O)NCC2(OC)Cc3ccccc3C2)cc1OC. The van der Waals surface area contributed by atoms with Crippen molar-refractivity contribution < 1.29 is 23.8 Å². The molecular formula is C21H24N2O5. The number of ether oxygens (including phenoxy) is 3. The van der Waals surface area contributed by atoms with Crippen LogP contribution in [0.15, 0.2) is 42.5 Å². The Hall–Kier alpha value is -3.06. The number of nitrogens with one attached hydrogen (secondary N) is 2. The molecule has 2 N–H and O–H groups in total. The van der Waals surface area contributed by atoms with Gasteiger partial charge in [-0.1, -0.05) is 24.3 Å². The summed E-state index contributed by atoms with van der Waals surface area (Å²) < 4.78 is 16.1. The molecule has 2 aromatic carbocycles. The van der Waals surface area contributed by atoms with Crippen molar-refractivity contribution >= 4 is 17.5 Å². The van der Waals surface area contributed by atoms with Gasteiger partial charge in [0.05, 0.1) is 19.8 Å². The molecule has 0 spiro atoms. The van der Waals surface area contributed by atoms with E-state index in [9.17, 15) is 9.59 Å². The number of carbonyl (C=O) groups is 2. The maximum Gasteiger partial charge on any atom is 0.313 e. The smallest absolute Gasteiger partial charge is 0.313 e. The molecule has 2 amide bonds. The molecule has 0 radical (unpaired) electrons. The predicted octanol–water partition coefficient (Wildman–Crippen LogP) is 1.94. The number of rotatable bonds is 6. The molecule has 28 heavy (non-hydrogen) atoms. The van der Waals surface area contributed by atoms with Crippen LogP contribution in [0.2, 0.25) is 0 Å². The first-order valence-electron chi connectivity index (χ1n) is 8.93. The van der Waals surface area contributed by atoms with Gasteiger partial charge in [0, 0.05) is 38.2 Å². The quantitative estimate of drug-likeness (QED) is 0.744. The molecular weight excluding hydrogens is 360 g/mol. The topological polar surface area (TPSA) is 85.9 Å². The van der Waals surface area contributed by atoms with E-state index in [0.717, 1.165) is 0 Å². The van der Waals surface area contributed by atoms with Crippen molar-refractivity contribution in [3.63, 3.8) is 0 Å². The van der Waals surface area contributed by atoms with Gasteiger partial charge in [0.1, 0.15) is 0 Å². The minimum Gasteiger partial charge on any atom is -0.493 e. The van der Waals surface area contributed by atoms with Crippen molar-refractivity contribution in [2.75, 3.05) is 33.2 Å². The molecule has 0 aliphatic heterocycles. The summed E-state index contributed by atoms with van der Waals surface area (Å²) in [5.74, 6) is -0.480. The molecule has 0 heterocycles. The summed E-state index contributed by atoms with van der Waals surface area (Å²) in [4.78, 5) is 24.5. The summed E-state index contributed by atoms with van der Waals surface area (Å²) in [7, 11) is 4.65. The molecule has 0 atom stereocenters. The predicted molar refractivity (Wildman–Crippen MR) is 105 cm³/mol. The minimum absolute atomic E-state index is 0.246. The first-order valence-corrected chi connectivity index (χ1v) is 8.93. The van der Waals surface area contributed by atoms with E-state index in [0.29, 0.717) is 30.0 Å². The van der Waals surface area contributed by atoms with Crippen LogP contribution in [0.1, 0.15) is 11.1 Å².